The number of nitrogens with one attached hydrogen (secondary N) is 1. The highest BCUT2D eigenvalue weighted by molar-refractivity contribution is 6.04. The maximum atomic E-state index is 13.4. The second kappa shape index (κ2) is 5.26. The Morgan fingerprint density at radius 3 is 2.42 bits per heavy atom. The van der Waals surface area contributed by atoms with Crippen LogP contribution < -0.4 is 5.32 Å². The third kappa shape index (κ3) is 2.92. The van der Waals surface area contributed by atoms with Gasteiger partial charge in [-0.25, -0.2) is 0 Å². The first-order valence-corrected chi connectivity index (χ1v) is 5.38. The molecule has 0 aromatic heterocycles. The molecule has 0 fully saturated rings. The fourth-order valence-corrected chi connectivity index (χ4v) is 1.52. The van der Waals surface area contributed by atoms with Crippen molar-refractivity contribution in [1.29, 1.82) is 0 Å². The first-order chi connectivity index (χ1) is 9.08. The maximum Gasteiger partial charge on any atom is 0.304 e. The van der Waals surface area contributed by atoms with Crippen molar-refractivity contribution in [2.75, 3.05) is 5.32 Å². The predicted molar refractivity (Wildman–Crippen MR) is 67.4 cm³/mol. The molecule has 0 atom stereocenters. The van der Waals surface area contributed by atoms with Crippen molar-refractivity contribution >= 4 is 17.3 Å². The fraction of sp³-hybridized carbons (Fsp3) is 0. The molecule has 0 spiro atoms. The summed E-state index contributed by atoms with van der Waals surface area (Å²) in [7, 11) is 0. The molecule has 0 aliphatic heterocycles. The summed E-state index contributed by atoms with van der Waals surface area (Å²) < 4.78 is 13.4. The Labute approximate surface area is 107 Å². The quantitative estimate of drug-likeness (QED) is 0.681. The molecule has 1 amide bonds. The lowest BCUT2D eigenvalue weighted by atomic mass is 10.2. The summed E-state index contributed by atoms with van der Waals surface area (Å²) in [6.45, 7) is 0. The van der Waals surface area contributed by atoms with Crippen LogP contribution in [0.1, 0.15) is 10.4 Å². The van der Waals surface area contributed by atoms with Gasteiger partial charge < -0.3 is 5.32 Å². The van der Waals surface area contributed by atoms with E-state index in [0.717, 1.165) is 12.1 Å². The topological polar surface area (TPSA) is 72.2 Å². The molecule has 5 nitrogen and oxygen atoms in total. The van der Waals surface area contributed by atoms with Gasteiger partial charge in [0.15, 0.2) is 0 Å². The van der Waals surface area contributed by atoms with Gasteiger partial charge in [-0.05, 0) is 24.3 Å². The molecular formula is C13H9FN2O3. The molecule has 96 valence electrons. The van der Waals surface area contributed by atoms with Crippen molar-refractivity contribution in [2.45, 2.75) is 0 Å². The minimum atomic E-state index is -1.04. The maximum absolute atomic E-state index is 13.4. The molecule has 19 heavy (non-hydrogen) atoms. The Hall–Kier alpha value is -2.76. The SMILES string of the molecule is O=C(Nc1ccccc1)c1ccc([N+](=O)[O-])c(F)c1. The molecule has 2 rings (SSSR count). The number of rotatable bonds is 3. The van der Waals surface area contributed by atoms with Gasteiger partial charge in [-0.3, -0.25) is 14.9 Å². The lowest BCUT2D eigenvalue weighted by molar-refractivity contribution is -0.387. The zero-order valence-electron chi connectivity index (χ0n) is 9.67. The number of hydrogen-bond acceptors (Lipinski definition) is 3. The fourth-order valence-electron chi connectivity index (χ4n) is 1.52. The predicted octanol–water partition coefficient (Wildman–Crippen LogP) is 2.99. The average molecular weight is 260 g/mol. The molecular weight excluding hydrogens is 251 g/mol. The molecule has 6 heteroatoms. The number of para-hydroxylation sites is 1. The Morgan fingerprint density at radius 1 is 1.16 bits per heavy atom. The molecule has 0 heterocycles. The summed E-state index contributed by atoms with van der Waals surface area (Å²) in [5, 5.41) is 13.0. The van der Waals surface area contributed by atoms with Gasteiger partial charge in [-0.2, -0.15) is 4.39 Å². The number of halogens is 1. The summed E-state index contributed by atoms with van der Waals surface area (Å²) in [6, 6.07) is 11.7. The summed E-state index contributed by atoms with van der Waals surface area (Å²) in [5.41, 5.74) is -0.0746. The van der Waals surface area contributed by atoms with Gasteiger partial charge in [0.05, 0.1) is 4.92 Å². The van der Waals surface area contributed by atoms with Gasteiger partial charge in [0, 0.05) is 17.3 Å². The normalized spacial score (nSPS) is 9.95. The molecule has 0 saturated carbocycles. The third-order valence-corrected chi connectivity index (χ3v) is 2.44. The molecule has 2 aromatic rings. The highest BCUT2D eigenvalue weighted by Crippen LogP contribution is 2.18. The van der Waals surface area contributed by atoms with E-state index in [-0.39, 0.29) is 5.56 Å². The number of carbonyl (C=O) groups excluding carboxylic acids is 1. The van der Waals surface area contributed by atoms with Crippen LogP contribution in [0.25, 0.3) is 0 Å². The second-order valence-corrected chi connectivity index (χ2v) is 3.74. The number of nitro groups is 1. The van der Waals surface area contributed by atoms with E-state index in [2.05, 4.69) is 5.32 Å². The minimum absolute atomic E-state index is 0.0203. The number of anilines is 1. The molecule has 0 aliphatic rings. The summed E-state index contributed by atoms with van der Waals surface area (Å²) in [5.74, 6) is -1.56. The lowest BCUT2D eigenvalue weighted by Crippen LogP contribution is -2.12. The van der Waals surface area contributed by atoms with Crippen molar-refractivity contribution in [3.05, 3.63) is 70.0 Å². The van der Waals surface area contributed by atoms with E-state index in [1.807, 2.05) is 0 Å². The van der Waals surface area contributed by atoms with Crippen LogP contribution in [0.3, 0.4) is 0 Å². The van der Waals surface area contributed by atoms with E-state index in [9.17, 15) is 19.3 Å². The number of nitrogens with zero attached hydrogens (tertiary/aromatic N) is 1. The van der Waals surface area contributed by atoms with Crippen LogP contribution in [0.15, 0.2) is 48.5 Å². The first-order valence-electron chi connectivity index (χ1n) is 5.38. The van der Waals surface area contributed by atoms with Crippen LogP contribution in [-0.4, -0.2) is 10.8 Å². The molecule has 0 aliphatic carbocycles. The van der Waals surface area contributed by atoms with Crippen molar-refractivity contribution in [3.8, 4) is 0 Å². The Bertz CT molecular complexity index is 629. The highest BCUT2D eigenvalue weighted by Gasteiger charge is 2.16. The smallest absolute Gasteiger partial charge is 0.304 e. The van der Waals surface area contributed by atoms with Crippen molar-refractivity contribution in [2.24, 2.45) is 0 Å². The number of benzene rings is 2. The molecule has 0 radical (unpaired) electrons. The molecule has 0 unspecified atom stereocenters. The first kappa shape index (κ1) is 12.7. The van der Waals surface area contributed by atoms with Crippen LogP contribution in [-0.2, 0) is 0 Å². The van der Waals surface area contributed by atoms with Gasteiger partial charge in [-0.1, -0.05) is 18.2 Å². The van der Waals surface area contributed by atoms with Crippen molar-refractivity contribution < 1.29 is 14.1 Å². The summed E-state index contributed by atoms with van der Waals surface area (Å²) >= 11 is 0. The van der Waals surface area contributed by atoms with E-state index in [0.29, 0.717) is 5.69 Å². The zero-order chi connectivity index (χ0) is 13.8. The van der Waals surface area contributed by atoms with Crippen LogP contribution in [0.2, 0.25) is 0 Å². The van der Waals surface area contributed by atoms with Crippen LogP contribution >= 0.6 is 0 Å². The van der Waals surface area contributed by atoms with Crippen molar-refractivity contribution in [1.82, 2.24) is 0 Å². The van der Waals surface area contributed by atoms with E-state index < -0.39 is 22.3 Å². The van der Waals surface area contributed by atoms with Gasteiger partial charge >= 0.3 is 5.69 Å². The Kier molecular flexibility index (Phi) is 3.51. The van der Waals surface area contributed by atoms with Gasteiger partial charge in [0.1, 0.15) is 0 Å². The van der Waals surface area contributed by atoms with Gasteiger partial charge in [0.25, 0.3) is 5.91 Å². The third-order valence-electron chi connectivity index (χ3n) is 2.44. The molecule has 0 saturated heterocycles. The molecule has 1 N–H and O–H groups in total. The van der Waals surface area contributed by atoms with Crippen LogP contribution in [0.5, 0.6) is 0 Å². The number of amides is 1. The number of nitro benzene ring substituents is 1. The lowest BCUT2D eigenvalue weighted by Gasteiger charge is -2.05. The monoisotopic (exact) mass is 260 g/mol. The van der Waals surface area contributed by atoms with E-state index >= 15 is 0 Å². The van der Waals surface area contributed by atoms with Crippen LogP contribution in [0, 0.1) is 15.9 Å². The number of carbonyl (C=O) groups is 1. The highest BCUT2D eigenvalue weighted by atomic mass is 19.1. The second-order valence-electron chi connectivity index (χ2n) is 3.74. The molecule has 0 bridgehead atoms. The Morgan fingerprint density at radius 2 is 1.84 bits per heavy atom. The largest absolute Gasteiger partial charge is 0.322 e. The Balaban J connectivity index is 2.21. The van der Waals surface area contributed by atoms with E-state index in [4.69, 9.17) is 0 Å². The summed E-state index contributed by atoms with van der Waals surface area (Å²) in [4.78, 5) is 21.4. The molecule has 2 aromatic carbocycles. The average Bonchev–Trinajstić information content (AvgIpc) is 2.39. The van der Waals surface area contributed by atoms with Crippen molar-refractivity contribution in [3.63, 3.8) is 0 Å². The van der Waals surface area contributed by atoms with Crippen LogP contribution in [0.4, 0.5) is 15.8 Å². The number of hydrogen-bond donors (Lipinski definition) is 1. The van der Waals surface area contributed by atoms with E-state index in [1.54, 1.807) is 30.3 Å². The van der Waals surface area contributed by atoms with Gasteiger partial charge in [-0.15, -0.1) is 0 Å². The summed E-state index contributed by atoms with van der Waals surface area (Å²) in [6.07, 6.45) is 0. The zero-order valence-corrected chi connectivity index (χ0v) is 9.67. The van der Waals surface area contributed by atoms with E-state index in [1.165, 1.54) is 6.07 Å². The van der Waals surface area contributed by atoms with Gasteiger partial charge in [0.2, 0.25) is 5.82 Å². The standard InChI is InChI=1S/C13H9FN2O3/c14-11-8-9(6-7-12(11)16(18)19)13(17)15-10-4-2-1-3-5-10/h1-8H,(H,15,17). The minimum Gasteiger partial charge on any atom is -0.322 e.